The molecular weight excluding hydrogens is 399 g/mol. The molecule has 0 aliphatic rings. The topological polar surface area (TPSA) is 0 Å². The third kappa shape index (κ3) is 3.66. The lowest BCUT2D eigenvalue weighted by Gasteiger charge is -2.15. The molecule has 0 nitrogen and oxygen atoms in total. The molecule has 0 amide bonds. The van der Waals surface area contributed by atoms with Gasteiger partial charge in [0.25, 0.3) is 0 Å². The smallest absolute Gasteiger partial charge is 0.0655 e. The highest BCUT2D eigenvalue weighted by atomic mass is 79.9. The first-order chi connectivity index (χ1) is 9.52. The van der Waals surface area contributed by atoms with Crippen molar-refractivity contribution in [2.75, 3.05) is 0 Å². The summed E-state index contributed by atoms with van der Waals surface area (Å²) in [4.78, 5) is 0.167. The molecule has 2 atom stereocenters. The van der Waals surface area contributed by atoms with Crippen molar-refractivity contribution in [1.82, 2.24) is 0 Å². The fourth-order valence-corrected chi connectivity index (χ4v) is 4.04. The van der Waals surface area contributed by atoms with Crippen LogP contribution in [0.3, 0.4) is 0 Å². The monoisotopic (exact) mass is 414 g/mol. The molecule has 0 bridgehead atoms. The maximum Gasteiger partial charge on any atom is 0.0655 e. The van der Waals surface area contributed by atoms with Crippen LogP contribution in [0.2, 0.25) is 5.02 Å². The van der Waals surface area contributed by atoms with Gasteiger partial charge in [-0.3, -0.25) is 0 Å². The van der Waals surface area contributed by atoms with Crippen LogP contribution >= 0.6 is 43.5 Å². The Morgan fingerprint density at radius 1 is 1.05 bits per heavy atom. The molecule has 0 N–H and O–H groups in total. The fraction of sp³-hybridized carbons (Fsp3) is 0.294. The second kappa shape index (κ2) is 7.11. The van der Waals surface area contributed by atoms with Crippen LogP contribution in [0, 0.1) is 0 Å². The van der Waals surface area contributed by atoms with Gasteiger partial charge >= 0.3 is 0 Å². The maximum absolute atomic E-state index is 5.99. The van der Waals surface area contributed by atoms with E-state index >= 15 is 0 Å². The van der Waals surface area contributed by atoms with E-state index in [9.17, 15) is 0 Å². The summed E-state index contributed by atoms with van der Waals surface area (Å²) in [6.07, 6.45) is 1.17. The molecule has 2 rings (SSSR count). The highest BCUT2D eigenvalue weighted by Crippen LogP contribution is 2.37. The zero-order chi connectivity index (χ0) is 14.7. The van der Waals surface area contributed by atoms with Crippen LogP contribution in [-0.4, -0.2) is 0 Å². The van der Waals surface area contributed by atoms with Crippen molar-refractivity contribution < 1.29 is 0 Å². The van der Waals surface area contributed by atoms with Gasteiger partial charge in [-0.25, -0.2) is 0 Å². The van der Waals surface area contributed by atoms with Crippen LogP contribution in [0.5, 0.6) is 0 Å². The Bertz CT molecular complexity index is 578. The second-order valence-corrected chi connectivity index (χ2v) is 7.21. The van der Waals surface area contributed by atoms with Crippen molar-refractivity contribution in [3.8, 4) is 0 Å². The van der Waals surface area contributed by atoms with Crippen molar-refractivity contribution in [2.24, 2.45) is 0 Å². The van der Waals surface area contributed by atoms with Gasteiger partial charge in [-0.2, -0.15) is 0 Å². The van der Waals surface area contributed by atoms with Gasteiger partial charge in [0, 0.05) is 9.50 Å². The predicted octanol–water partition coefficient (Wildman–Crippen LogP) is 7.10. The number of hydrogen-bond acceptors (Lipinski definition) is 0. The van der Waals surface area contributed by atoms with E-state index in [0.29, 0.717) is 5.92 Å². The largest absolute Gasteiger partial charge is 0.0843 e. The van der Waals surface area contributed by atoms with Crippen LogP contribution in [0.4, 0.5) is 0 Å². The first-order valence-corrected chi connectivity index (χ1v) is 8.80. The van der Waals surface area contributed by atoms with Gasteiger partial charge < -0.3 is 0 Å². The number of rotatable bonds is 4. The molecule has 2 unspecified atom stereocenters. The van der Waals surface area contributed by atoms with Gasteiger partial charge in [-0.15, -0.1) is 0 Å². The highest BCUT2D eigenvalue weighted by Gasteiger charge is 2.14. The van der Waals surface area contributed by atoms with Gasteiger partial charge in [0.05, 0.1) is 4.83 Å². The van der Waals surface area contributed by atoms with Crippen molar-refractivity contribution in [3.05, 3.63) is 68.7 Å². The summed E-state index contributed by atoms with van der Waals surface area (Å²) in [5.74, 6) is 0.611. The summed E-state index contributed by atoms with van der Waals surface area (Å²) in [6, 6.07) is 14.7. The molecule has 2 aromatic carbocycles. The van der Waals surface area contributed by atoms with E-state index in [4.69, 9.17) is 11.6 Å². The molecule has 0 aliphatic carbocycles. The zero-order valence-electron chi connectivity index (χ0n) is 11.5. The average molecular weight is 417 g/mol. The molecule has 3 heteroatoms. The van der Waals surface area contributed by atoms with Crippen LogP contribution in [0.25, 0.3) is 0 Å². The maximum atomic E-state index is 5.99. The van der Waals surface area contributed by atoms with Crippen LogP contribution in [0.15, 0.2) is 46.9 Å². The molecule has 0 saturated heterocycles. The molecule has 0 saturated carbocycles. The Morgan fingerprint density at radius 2 is 1.65 bits per heavy atom. The third-order valence-corrected chi connectivity index (χ3v) is 5.59. The van der Waals surface area contributed by atoms with Gasteiger partial charge in [0.2, 0.25) is 0 Å². The lowest BCUT2D eigenvalue weighted by Crippen LogP contribution is -1.96. The predicted molar refractivity (Wildman–Crippen MR) is 95.1 cm³/mol. The van der Waals surface area contributed by atoms with E-state index in [1.54, 1.807) is 0 Å². The van der Waals surface area contributed by atoms with E-state index in [1.807, 2.05) is 12.1 Å². The van der Waals surface area contributed by atoms with Gasteiger partial charge in [-0.05, 0) is 41.2 Å². The number of hydrogen-bond donors (Lipinski definition) is 0. The highest BCUT2D eigenvalue weighted by molar-refractivity contribution is 9.11. The van der Waals surface area contributed by atoms with Gasteiger partial charge in [0.15, 0.2) is 0 Å². The van der Waals surface area contributed by atoms with Crippen molar-refractivity contribution >= 4 is 43.5 Å². The van der Waals surface area contributed by atoms with E-state index < -0.39 is 0 Å². The average Bonchev–Trinajstić information content (AvgIpc) is 2.46. The Labute approximate surface area is 142 Å². The van der Waals surface area contributed by atoms with E-state index in [-0.39, 0.29) is 4.83 Å². The minimum atomic E-state index is 0.167. The molecular formula is C17H17Br2Cl. The third-order valence-electron chi connectivity index (χ3n) is 3.65. The first-order valence-electron chi connectivity index (χ1n) is 6.71. The molecule has 0 aliphatic heterocycles. The minimum absolute atomic E-state index is 0.167. The molecule has 0 spiro atoms. The summed E-state index contributed by atoms with van der Waals surface area (Å²) in [5.41, 5.74) is 3.83. The standard InChI is InChI=1S/C17H17Br2Cl/c1-3-11(2)12-4-6-13(7-5-12)17(19)15-9-8-14(20)10-16(15)18/h4-11,17H,3H2,1-2H3. The molecule has 0 aromatic heterocycles. The van der Waals surface area contributed by atoms with Crippen LogP contribution in [-0.2, 0) is 0 Å². The summed E-state index contributed by atoms with van der Waals surface area (Å²) < 4.78 is 1.03. The zero-order valence-corrected chi connectivity index (χ0v) is 15.5. The first kappa shape index (κ1) is 16.1. The molecule has 0 radical (unpaired) electrons. The Kier molecular flexibility index (Phi) is 5.71. The number of halogens is 3. The molecule has 0 heterocycles. The van der Waals surface area contributed by atoms with E-state index in [2.05, 4.69) is 76.0 Å². The van der Waals surface area contributed by atoms with Crippen molar-refractivity contribution in [3.63, 3.8) is 0 Å². The Balaban J connectivity index is 2.26. The summed E-state index contributed by atoms with van der Waals surface area (Å²) in [5, 5.41) is 0.743. The minimum Gasteiger partial charge on any atom is -0.0843 e. The summed E-state index contributed by atoms with van der Waals surface area (Å²) >= 11 is 13.3. The molecule has 106 valence electrons. The number of benzene rings is 2. The molecule has 0 fully saturated rings. The Morgan fingerprint density at radius 3 is 2.20 bits per heavy atom. The molecule has 2 aromatic rings. The normalized spacial score (nSPS) is 14.1. The van der Waals surface area contributed by atoms with Crippen LogP contribution < -0.4 is 0 Å². The Hall–Kier alpha value is -0.310. The fourth-order valence-electron chi connectivity index (χ4n) is 2.12. The second-order valence-electron chi connectivity index (χ2n) is 5.00. The van der Waals surface area contributed by atoms with E-state index in [0.717, 1.165) is 9.50 Å². The van der Waals surface area contributed by atoms with E-state index in [1.165, 1.54) is 23.1 Å². The number of alkyl halides is 1. The van der Waals surface area contributed by atoms with Crippen LogP contribution in [0.1, 0.15) is 47.7 Å². The lowest BCUT2D eigenvalue weighted by molar-refractivity contribution is 0.733. The SMILES string of the molecule is CCC(C)c1ccc(C(Br)c2ccc(Cl)cc2Br)cc1. The quantitative estimate of drug-likeness (QED) is 0.466. The summed E-state index contributed by atoms with van der Waals surface area (Å²) in [6.45, 7) is 4.48. The van der Waals surface area contributed by atoms with Crippen molar-refractivity contribution in [1.29, 1.82) is 0 Å². The molecule has 20 heavy (non-hydrogen) atoms. The van der Waals surface area contributed by atoms with Crippen molar-refractivity contribution in [2.45, 2.75) is 31.0 Å². The van der Waals surface area contributed by atoms with Gasteiger partial charge in [-0.1, -0.05) is 87.6 Å². The lowest BCUT2D eigenvalue weighted by atomic mass is 9.96. The van der Waals surface area contributed by atoms with Gasteiger partial charge in [0.1, 0.15) is 0 Å². The summed E-state index contributed by atoms with van der Waals surface area (Å²) in [7, 11) is 0.